The molecule has 3 amide bonds. The number of benzene rings is 1. The Morgan fingerprint density at radius 1 is 1.27 bits per heavy atom. The summed E-state index contributed by atoms with van der Waals surface area (Å²) in [7, 11) is 0. The molecular formula is C18H23N3O4S. The summed E-state index contributed by atoms with van der Waals surface area (Å²) in [4.78, 5) is 39.3. The van der Waals surface area contributed by atoms with Crippen LogP contribution in [-0.2, 0) is 20.7 Å². The van der Waals surface area contributed by atoms with E-state index in [1.165, 1.54) is 0 Å². The number of nitrogens with zero attached hydrogens (tertiary/aromatic N) is 1. The summed E-state index contributed by atoms with van der Waals surface area (Å²) >= 11 is 1.61. The molecular weight excluding hydrogens is 354 g/mol. The first-order valence-corrected chi connectivity index (χ1v) is 9.40. The zero-order chi connectivity index (χ0) is 18.9. The van der Waals surface area contributed by atoms with Gasteiger partial charge in [0, 0.05) is 12.5 Å². The minimum atomic E-state index is -0.648. The minimum absolute atomic E-state index is 0.0344. The summed E-state index contributed by atoms with van der Waals surface area (Å²) in [6.07, 6.45) is 2.22. The first-order chi connectivity index (χ1) is 12.5. The van der Waals surface area contributed by atoms with Gasteiger partial charge in [-0.2, -0.15) is 0 Å². The van der Waals surface area contributed by atoms with Gasteiger partial charge >= 0.3 is 12.0 Å². The summed E-state index contributed by atoms with van der Waals surface area (Å²) < 4.78 is 6.01. The van der Waals surface area contributed by atoms with E-state index in [2.05, 4.69) is 15.6 Å². The third-order valence-corrected chi connectivity index (χ3v) is 4.81. The van der Waals surface area contributed by atoms with Gasteiger partial charge < -0.3 is 10.1 Å². The molecule has 0 aliphatic rings. The quantitative estimate of drug-likeness (QED) is 0.690. The average Bonchev–Trinajstić information content (AvgIpc) is 3.02. The summed E-state index contributed by atoms with van der Waals surface area (Å²) in [6, 6.07) is 7.26. The number of hydrogen-bond acceptors (Lipinski definition) is 6. The van der Waals surface area contributed by atoms with Crippen molar-refractivity contribution in [1.29, 1.82) is 0 Å². The molecule has 0 aliphatic carbocycles. The van der Waals surface area contributed by atoms with Gasteiger partial charge in [0.15, 0.2) is 6.61 Å². The third-order valence-electron chi connectivity index (χ3n) is 3.72. The van der Waals surface area contributed by atoms with Crippen molar-refractivity contribution < 1.29 is 19.1 Å². The van der Waals surface area contributed by atoms with Gasteiger partial charge in [0.05, 0.1) is 15.2 Å². The van der Waals surface area contributed by atoms with Gasteiger partial charge in [0.1, 0.15) is 0 Å². The molecule has 140 valence electrons. The van der Waals surface area contributed by atoms with Crippen LogP contribution in [0.15, 0.2) is 24.3 Å². The lowest BCUT2D eigenvalue weighted by Gasteiger charge is -2.11. The van der Waals surface area contributed by atoms with Gasteiger partial charge in [0.25, 0.3) is 5.91 Å². The van der Waals surface area contributed by atoms with Crippen molar-refractivity contribution in [3.63, 3.8) is 0 Å². The lowest BCUT2D eigenvalue weighted by molar-refractivity contribution is -0.148. The first kappa shape index (κ1) is 19.8. The molecule has 0 fully saturated rings. The molecule has 1 atom stereocenters. The number of rotatable bonds is 8. The molecule has 0 aliphatic heterocycles. The Morgan fingerprint density at radius 3 is 2.77 bits per heavy atom. The van der Waals surface area contributed by atoms with Crippen molar-refractivity contribution in [2.45, 2.75) is 45.6 Å². The van der Waals surface area contributed by atoms with Crippen LogP contribution < -0.4 is 10.6 Å². The van der Waals surface area contributed by atoms with E-state index in [-0.39, 0.29) is 12.5 Å². The number of aromatic nitrogens is 1. The average molecular weight is 377 g/mol. The molecule has 2 aromatic rings. The predicted molar refractivity (Wildman–Crippen MR) is 99.9 cm³/mol. The van der Waals surface area contributed by atoms with Crippen LogP contribution >= 0.6 is 11.3 Å². The highest BCUT2D eigenvalue weighted by Crippen LogP contribution is 2.22. The van der Waals surface area contributed by atoms with E-state index in [1.54, 1.807) is 11.3 Å². The SMILES string of the molecule is CC[C@H](C)NC(=O)NC(=O)COC(=O)CCCc1nc2ccccc2s1. The normalized spacial score (nSPS) is 11.8. The molecule has 0 spiro atoms. The van der Waals surface area contributed by atoms with Crippen LogP contribution in [-0.4, -0.2) is 35.5 Å². The molecule has 0 bridgehead atoms. The van der Waals surface area contributed by atoms with Gasteiger partial charge in [-0.25, -0.2) is 9.78 Å². The number of para-hydroxylation sites is 1. The highest BCUT2D eigenvalue weighted by molar-refractivity contribution is 7.18. The number of urea groups is 1. The molecule has 0 saturated carbocycles. The molecule has 7 nitrogen and oxygen atoms in total. The number of carbonyl (C=O) groups excluding carboxylic acids is 3. The Morgan fingerprint density at radius 2 is 2.04 bits per heavy atom. The summed E-state index contributed by atoms with van der Waals surface area (Å²) in [6.45, 7) is 3.28. The Labute approximate surface area is 156 Å². The van der Waals surface area contributed by atoms with Crippen molar-refractivity contribution in [3.05, 3.63) is 29.3 Å². The van der Waals surface area contributed by atoms with E-state index < -0.39 is 24.5 Å². The standard InChI is InChI=1S/C18H23N3O4S/c1-3-12(2)19-18(24)21-15(22)11-25-17(23)10-6-9-16-20-13-7-4-5-8-14(13)26-16/h4-5,7-8,12H,3,6,9-11H2,1-2H3,(H2,19,21,22,24)/t12-/m0/s1. The maximum Gasteiger partial charge on any atom is 0.321 e. The molecule has 1 heterocycles. The molecule has 1 aromatic carbocycles. The second-order valence-electron chi connectivity index (χ2n) is 5.92. The zero-order valence-electron chi connectivity index (χ0n) is 14.9. The van der Waals surface area contributed by atoms with E-state index in [9.17, 15) is 14.4 Å². The molecule has 0 unspecified atom stereocenters. The number of ether oxygens (including phenoxy) is 1. The number of aryl methyl sites for hydroxylation is 1. The van der Waals surface area contributed by atoms with Crippen LogP contribution in [0, 0.1) is 0 Å². The van der Waals surface area contributed by atoms with Gasteiger partial charge in [-0.3, -0.25) is 14.9 Å². The van der Waals surface area contributed by atoms with Crippen molar-refractivity contribution in [2.24, 2.45) is 0 Å². The van der Waals surface area contributed by atoms with Gasteiger partial charge in [-0.1, -0.05) is 19.1 Å². The van der Waals surface area contributed by atoms with Crippen LogP contribution in [0.25, 0.3) is 10.2 Å². The Balaban J connectivity index is 1.64. The van der Waals surface area contributed by atoms with E-state index >= 15 is 0 Å². The van der Waals surface area contributed by atoms with Crippen molar-refractivity contribution in [1.82, 2.24) is 15.6 Å². The summed E-state index contributed by atoms with van der Waals surface area (Å²) in [5, 5.41) is 5.69. The van der Waals surface area contributed by atoms with Crippen molar-refractivity contribution in [3.8, 4) is 0 Å². The zero-order valence-corrected chi connectivity index (χ0v) is 15.7. The van der Waals surface area contributed by atoms with Crippen LogP contribution in [0.1, 0.15) is 38.1 Å². The third kappa shape index (κ3) is 6.44. The predicted octanol–water partition coefficient (Wildman–Crippen LogP) is 2.79. The largest absolute Gasteiger partial charge is 0.456 e. The Bertz CT molecular complexity index is 742. The number of carbonyl (C=O) groups is 3. The van der Waals surface area contributed by atoms with E-state index in [1.807, 2.05) is 38.1 Å². The van der Waals surface area contributed by atoms with E-state index in [0.717, 1.165) is 21.6 Å². The molecule has 1 aromatic heterocycles. The molecule has 26 heavy (non-hydrogen) atoms. The lowest BCUT2D eigenvalue weighted by Crippen LogP contribution is -2.44. The number of esters is 1. The maximum absolute atomic E-state index is 11.7. The number of nitrogens with one attached hydrogen (secondary N) is 2. The molecule has 2 rings (SSSR count). The highest BCUT2D eigenvalue weighted by Gasteiger charge is 2.12. The number of imide groups is 1. The lowest BCUT2D eigenvalue weighted by atomic mass is 10.2. The van der Waals surface area contributed by atoms with E-state index in [4.69, 9.17) is 4.74 Å². The van der Waals surface area contributed by atoms with Gasteiger partial charge in [0.2, 0.25) is 0 Å². The molecule has 0 radical (unpaired) electrons. The fourth-order valence-electron chi connectivity index (χ4n) is 2.15. The second-order valence-corrected chi connectivity index (χ2v) is 7.04. The molecule has 2 N–H and O–H groups in total. The van der Waals surface area contributed by atoms with E-state index in [0.29, 0.717) is 12.8 Å². The van der Waals surface area contributed by atoms with Crippen molar-refractivity contribution in [2.75, 3.05) is 6.61 Å². The van der Waals surface area contributed by atoms with Gasteiger partial charge in [-0.15, -0.1) is 11.3 Å². The smallest absolute Gasteiger partial charge is 0.321 e. The molecule has 0 saturated heterocycles. The molecule has 8 heteroatoms. The van der Waals surface area contributed by atoms with Crippen LogP contribution in [0.3, 0.4) is 0 Å². The Kier molecular flexibility index (Phi) is 7.53. The summed E-state index contributed by atoms with van der Waals surface area (Å²) in [5.74, 6) is -1.12. The Hall–Kier alpha value is -2.48. The van der Waals surface area contributed by atoms with Crippen molar-refractivity contribution >= 4 is 39.5 Å². The number of amides is 3. The van der Waals surface area contributed by atoms with Crippen LogP contribution in [0.5, 0.6) is 0 Å². The minimum Gasteiger partial charge on any atom is -0.456 e. The maximum atomic E-state index is 11.7. The highest BCUT2D eigenvalue weighted by atomic mass is 32.1. The fourth-order valence-corrected chi connectivity index (χ4v) is 3.16. The topological polar surface area (TPSA) is 97.4 Å². The van der Waals surface area contributed by atoms with Crippen LogP contribution in [0.2, 0.25) is 0 Å². The summed E-state index contributed by atoms with van der Waals surface area (Å²) in [5.41, 5.74) is 0.961. The monoisotopic (exact) mass is 377 g/mol. The van der Waals surface area contributed by atoms with Crippen LogP contribution in [0.4, 0.5) is 4.79 Å². The number of thiazole rings is 1. The number of fused-ring (bicyclic) bond motifs is 1. The second kappa shape index (κ2) is 9.86. The van der Waals surface area contributed by atoms with Gasteiger partial charge in [-0.05, 0) is 38.3 Å². The fraction of sp³-hybridized carbons (Fsp3) is 0.444. The number of hydrogen-bond donors (Lipinski definition) is 2. The first-order valence-electron chi connectivity index (χ1n) is 8.58.